The number of hydrogen-bond donors (Lipinski definition) is 2. The minimum absolute atomic E-state index is 0.250. The van der Waals surface area contributed by atoms with Gasteiger partial charge in [0.05, 0.1) is 0 Å². The predicted molar refractivity (Wildman–Crippen MR) is 75.3 cm³/mol. The Kier molecular flexibility index (Phi) is 4.06. The van der Waals surface area contributed by atoms with E-state index in [-0.39, 0.29) is 5.82 Å². The smallest absolute Gasteiger partial charge is 0.248 e. The summed E-state index contributed by atoms with van der Waals surface area (Å²) in [6.07, 6.45) is 0. The van der Waals surface area contributed by atoms with E-state index in [1.165, 1.54) is 17.8 Å². The van der Waals surface area contributed by atoms with Gasteiger partial charge in [0.1, 0.15) is 5.82 Å². The first-order valence-electron chi connectivity index (χ1n) is 5.63. The molecule has 2 rings (SSSR count). The second-order valence-corrected chi connectivity index (χ2v) is 5.01. The monoisotopic (exact) mass is 276 g/mol. The molecule has 0 aliphatic rings. The van der Waals surface area contributed by atoms with Gasteiger partial charge in [-0.3, -0.25) is 4.79 Å². The molecule has 0 unspecified atom stereocenters. The van der Waals surface area contributed by atoms with Gasteiger partial charge in [0.2, 0.25) is 5.91 Å². The molecule has 3 nitrogen and oxygen atoms in total. The first kappa shape index (κ1) is 13.4. The van der Waals surface area contributed by atoms with Crippen molar-refractivity contribution >= 4 is 23.4 Å². The van der Waals surface area contributed by atoms with E-state index in [1.54, 1.807) is 36.4 Å². The molecule has 2 aromatic rings. The minimum Gasteiger partial charge on any atom is -0.398 e. The van der Waals surface area contributed by atoms with Crippen LogP contribution < -0.4 is 11.5 Å². The molecule has 2 aromatic carbocycles. The molecule has 0 saturated carbocycles. The Balaban J connectivity index is 2.12. The Bertz CT molecular complexity index is 616. The lowest BCUT2D eigenvalue weighted by Gasteiger charge is -2.07. The van der Waals surface area contributed by atoms with E-state index >= 15 is 0 Å². The molecule has 0 bridgehead atoms. The van der Waals surface area contributed by atoms with Crippen molar-refractivity contribution in [2.24, 2.45) is 5.73 Å². The summed E-state index contributed by atoms with van der Waals surface area (Å²) in [5, 5.41) is 0. The van der Waals surface area contributed by atoms with Gasteiger partial charge >= 0.3 is 0 Å². The van der Waals surface area contributed by atoms with Crippen LogP contribution in [0, 0.1) is 5.82 Å². The topological polar surface area (TPSA) is 69.1 Å². The predicted octanol–water partition coefficient (Wildman–Crippen LogP) is 2.80. The van der Waals surface area contributed by atoms with Crippen LogP contribution in [-0.2, 0) is 5.75 Å². The highest BCUT2D eigenvalue weighted by molar-refractivity contribution is 7.98. The Hall–Kier alpha value is -2.01. The lowest BCUT2D eigenvalue weighted by Crippen LogP contribution is -2.11. The number of nitrogen functional groups attached to an aromatic ring is 1. The zero-order valence-electron chi connectivity index (χ0n) is 10.1. The highest BCUT2D eigenvalue weighted by atomic mass is 32.2. The number of nitrogens with two attached hydrogens (primary N) is 2. The summed E-state index contributed by atoms with van der Waals surface area (Å²) in [6, 6.07) is 11.5. The SMILES string of the molecule is NC(=O)c1ccc(CSc2ccccc2F)c(N)c1. The molecule has 0 aromatic heterocycles. The van der Waals surface area contributed by atoms with Gasteiger partial charge in [-0.2, -0.15) is 0 Å². The highest BCUT2D eigenvalue weighted by Crippen LogP contribution is 2.27. The molecule has 0 radical (unpaired) electrons. The van der Waals surface area contributed by atoms with Gasteiger partial charge in [0.25, 0.3) is 0 Å². The van der Waals surface area contributed by atoms with E-state index in [4.69, 9.17) is 11.5 Å². The summed E-state index contributed by atoms with van der Waals surface area (Å²) in [5.41, 5.74) is 12.7. The number of carbonyl (C=O) groups is 1. The van der Waals surface area contributed by atoms with Crippen molar-refractivity contribution in [2.75, 3.05) is 5.73 Å². The quantitative estimate of drug-likeness (QED) is 0.666. The summed E-state index contributed by atoms with van der Waals surface area (Å²) >= 11 is 1.36. The van der Waals surface area contributed by atoms with E-state index in [9.17, 15) is 9.18 Å². The fraction of sp³-hybridized carbons (Fsp3) is 0.0714. The number of thioether (sulfide) groups is 1. The van der Waals surface area contributed by atoms with Crippen LogP contribution in [0.3, 0.4) is 0 Å². The molecular weight excluding hydrogens is 263 g/mol. The number of hydrogen-bond acceptors (Lipinski definition) is 3. The van der Waals surface area contributed by atoms with E-state index in [0.717, 1.165) is 5.56 Å². The van der Waals surface area contributed by atoms with Crippen molar-refractivity contribution in [2.45, 2.75) is 10.6 Å². The average Bonchev–Trinajstić information content (AvgIpc) is 2.39. The second-order valence-electron chi connectivity index (χ2n) is 4.00. The van der Waals surface area contributed by atoms with Gasteiger partial charge < -0.3 is 11.5 Å². The third-order valence-electron chi connectivity index (χ3n) is 2.65. The minimum atomic E-state index is -0.514. The van der Waals surface area contributed by atoms with Crippen LogP contribution in [0.1, 0.15) is 15.9 Å². The molecule has 0 aliphatic carbocycles. The third-order valence-corrected chi connectivity index (χ3v) is 3.75. The van der Waals surface area contributed by atoms with Gasteiger partial charge in [-0.15, -0.1) is 11.8 Å². The van der Waals surface area contributed by atoms with Crippen molar-refractivity contribution in [1.29, 1.82) is 0 Å². The van der Waals surface area contributed by atoms with Crippen molar-refractivity contribution < 1.29 is 9.18 Å². The summed E-state index contributed by atoms with van der Waals surface area (Å²) in [7, 11) is 0. The number of benzene rings is 2. The van der Waals surface area contributed by atoms with Crippen LogP contribution >= 0.6 is 11.8 Å². The number of primary amides is 1. The zero-order chi connectivity index (χ0) is 13.8. The van der Waals surface area contributed by atoms with E-state index in [0.29, 0.717) is 21.9 Å². The van der Waals surface area contributed by atoms with Crippen LogP contribution in [0.5, 0.6) is 0 Å². The van der Waals surface area contributed by atoms with Gasteiger partial charge in [-0.25, -0.2) is 4.39 Å². The Morgan fingerprint density at radius 1 is 1.21 bits per heavy atom. The molecular formula is C14H13FN2OS. The van der Waals surface area contributed by atoms with Crippen LogP contribution in [0.25, 0.3) is 0 Å². The molecule has 19 heavy (non-hydrogen) atoms. The second kappa shape index (κ2) is 5.75. The van der Waals surface area contributed by atoms with Crippen molar-refractivity contribution in [3.8, 4) is 0 Å². The lowest BCUT2D eigenvalue weighted by molar-refractivity contribution is 0.100. The largest absolute Gasteiger partial charge is 0.398 e. The number of anilines is 1. The molecule has 5 heteroatoms. The van der Waals surface area contributed by atoms with E-state index in [1.807, 2.05) is 0 Å². The fourth-order valence-electron chi connectivity index (χ4n) is 1.60. The lowest BCUT2D eigenvalue weighted by atomic mass is 10.1. The first-order chi connectivity index (χ1) is 9.08. The number of rotatable bonds is 4. The van der Waals surface area contributed by atoms with Crippen LogP contribution in [0.2, 0.25) is 0 Å². The van der Waals surface area contributed by atoms with Crippen molar-refractivity contribution in [3.05, 3.63) is 59.4 Å². The van der Waals surface area contributed by atoms with Gasteiger partial charge in [-0.1, -0.05) is 18.2 Å². The number of halogens is 1. The maximum Gasteiger partial charge on any atom is 0.248 e. The zero-order valence-corrected chi connectivity index (χ0v) is 10.9. The average molecular weight is 276 g/mol. The summed E-state index contributed by atoms with van der Waals surface area (Å²) in [4.78, 5) is 11.6. The van der Waals surface area contributed by atoms with Crippen LogP contribution in [-0.4, -0.2) is 5.91 Å². The molecule has 1 amide bonds. The standard InChI is InChI=1S/C14H13FN2OS/c15-11-3-1-2-4-13(11)19-8-10-6-5-9(14(17)18)7-12(10)16/h1-7H,8,16H2,(H2,17,18). The number of carbonyl (C=O) groups excluding carboxylic acids is 1. The maximum atomic E-state index is 13.4. The Morgan fingerprint density at radius 3 is 2.58 bits per heavy atom. The van der Waals surface area contributed by atoms with Gasteiger partial charge in [-0.05, 0) is 29.8 Å². The Morgan fingerprint density at radius 2 is 1.95 bits per heavy atom. The third kappa shape index (κ3) is 3.26. The molecule has 0 heterocycles. The molecule has 4 N–H and O–H groups in total. The molecule has 0 fully saturated rings. The molecule has 0 saturated heterocycles. The number of amides is 1. The highest BCUT2D eigenvalue weighted by Gasteiger charge is 2.07. The van der Waals surface area contributed by atoms with E-state index < -0.39 is 5.91 Å². The molecule has 98 valence electrons. The van der Waals surface area contributed by atoms with Crippen molar-refractivity contribution in [3.63, 3.8) is 0 Å². The fourth-order valence-corrected chi connectivity index (χ4v) is 2.55. The van der Waals surface area contributed by atoms with Crippen molar-refractivity contribution in [1.82, 2.24) is 0 Å². The summed E-state index contributed by atoms with van der Waals surface area (Å²) in [6.45, 7) is 0. The van der Waals surface area contributed by atoms with Crippen LogP contribution in [0.4, 0.5) is 10.1 Å². The Labute approximate surface area is 114 Å². The van der Waals surface area contributed by atoms with Gasteiger partial charge in [0.15, 0.2) is 0 Å². The summed E-state index contributed by atoms with van der Waals surface area (Å²) < 4.78 is 13.4. The molecule has 0 aliphatic heterocycles. The maximum absolute atomic E-state index is 13.4. The summed E-state index contributed by atoms with van der Waals surface area (Å²) in [5.74, 6) is -0.231. The normalized spacial score (nSPS) is 10.4. The first-order valence-corrected chi connectivity index (χ1v) is 6.62. The van der Waals surface area contributed by atoms with E-state index in [2.05, 4.69) is 0 Å². The van der Waals surface area contributed by atoms with Gasteiger partial charge in [0, 0.05) is 21.9 Å². The molecule has 0 spiro atoms. The molecule has 0 atom stereocenters. The van der Waals surface area contributed by atoms with Crippen LogP contribution in [0.15, 0.2) is 47.4 Å².